The van der Waals surface area contributed by atoms with Crippen LogP contribution in [0.5, 0.6) is 0 Å². The first-order valence-corrected chi connectivity index (χ1v) is 11.9. The van der Waals surface area contributed by atoms with Crippen LogP contribution in [0.2, 0.25) is 0 Å². The minimum absolute atomic E-state index is 0.0873. The fourth-order valence-corrected chi connectivity index (χ4v) is 5.18. The van der Waals surface area contributed by atoms with Gasteiger partial charge in [0, 0.05) is 31.7 Å². The molecule has 0 radical (unpaired) electrons. The zero-order chi connectivity index (χ0) is 23.1. The number of rotatable bonds is 5. The van der Waals surface area contributed by atoms with E-state index in [0.29, 0.717) is 0 Å². The molecule has 172 valence electrons. The van der Waals surface area contributed by atoms with E-state index in [1.165, 1.54) is 12.1 Å². The number of anilines is 1. The molecule has 6 rings (SSSR count). The van der Waals surface area contributed by atoms with E-state index in [1.54, 1.807) is 23.5 Å². The lowest BCUT2D eigenvalue weighted by molar-refractivity contribution is 0.189. The van der Waals surface area contributed by atoms with Gasteiger partial charge in [-0.25, -0.2) is 13.9 Å². The molecule has 11 heteroatoms. The molecule has 0 saturated carbocycles. The summed E-state index contributed by atoms with van der Waals surface area (Å²) in [7, 11) is 0. The molecule has 0 aliphatic carbocycles. The van der Waals surface area contributed by atoms with Crippen LogP contribution in [0.15, 0.2) is 60.8 Å². The number of fused-ring (bicyclic) bond motifs is 1. The lowest BCUT2D eigenvalue weighted by atomic mass is 10.2. The van der Waals surface area contributed by atoms with Gasteiger partial charge in [0.2, 0.25) is 10.1 Å². The highest BCUT2D eigenvalue weighted by Gasteiger charge is 2.27. The molecule has 5 aromatic rings. The van der Waals surface area contributed by atoms with Crippen molar-refractivity contribution in [2.24, 2.45) is 0 Å². The highest BCUT2D eigenvalue weighted by atomic mass is 32.1. The number of piperazine rings is 1. The van der Waals surface area contributed by atoms with E-state index in [-0.39, 0.29) is 11.9 Å². The Hall–Kier alpha value is -3.70. The van der Waals surface area contributed by atoms with Crippen molar-refractivity contribution in [3.63, 3.8) is 0 Å². The Labute approximate surface area is 199 Å². The number of para-hydroxylation sites is 1. The molecule has 2 aromatic carbocycles. The van der Waals surface area contributed by atoms with Gasteiger partial charge in [-0.1, -0.05) is 29.5 Å². The van der Waals surface area contributed by atoms with Gasteiger partial charge in [-0.3, -0.25) is 4.90 Å². The topological polar surface area (TPSA) is 80.3 Å². The first-order chi connectivity index (χ1) is 16.7. The van der Waals surface area contributed by atoms with Crippen LogP contribution in [0.1, 0.15) is 18.8 Å². The first-order valence-electron chi connectivity index (χ1n) is 11.1. The van der Waals surface area contributed by atoms with Crippen LogP contribution in [0.4, 0.5) is 9.52 Å². The third-order valence-electron chi connectivity index (χ3n) is 6.17. The van der Waals surface area contributed by atoms with Crippen LogP contribution < -0.4 is 4.90 Å². The van der Waals surface area contributed by atoms with E-state index < -0.39 is 0 Å². The SMILES string of the molecule is CC(c1nnnn1-c1ccccc1)N1CCN(c2nn3cc(-c4ccc(F)cc4)nc3s2)CC1. The second-order valence-electron chi connectivity index (χ2n) is 8.23. The van der Waals surface area contributed by atoms with Crippen molar-refractivity contribution in [1.82, 2.24) is 39.7 Å². The number of halogens is 1. The van der Waals surface area contributed by atoms with Gasteiger partial charge in [-0.15, -0.1) is 10.2 Å². The summed E-state index contributed by atoms with van der Waals surface area (Å²) in [5.41, 5.74) is 2.63. The molecule has 9 nitrogen and oxygen atoms in total. The summed E-state index contributed by atoms with van der Waals surface area (Å²) >= 11 is 1.57. The minimum Gasteiger partial charge on any atom is -0.344 e. The van der Waals surface area contributed by atoms with Gasteiger partial charge in [-0.05, 0) is 53.7 Å². The molecule has 0 amide bonds. The average molecular weight is 476 g/mol. The fraction of sp³-hybridized carbons (Fsp3) is 0.261. The highest BCUT2D eigenvalue weighted by molar-refractivity contribution is 7.20. The normalized spacial score (nSPS) is 15.8. The number of nitrogens with zero attached hydrogens (tertiary/aromatic N) is 9. The van der Waals surface area contributed by atoms with E-state index in [0.717, 1.165) is 59.0 Å². The molecule has 1 saturated heterocycles. The van der Waals surface area contributed by atoms with Gasteiger partial charge in [0.15, 0.2) is 5.82 Å². The number of hydrogen-bond donors (Lipinski definition) is 0. The number of benzene rings is 2. The minimum atomic E-state index is -0.254. The molecule has 1 unspecified atom stereocenters. The molecule has 1 fully saturated rings. The summed E-state index contributed by atoms with van der Waals surface area (Å²) in [5, 5.41) is 18.1. The van der Waals surface area contributed by atoms with Crippen molar-refractivity contribution in [2.45, 2.75) is 13.0 Å². The van der Waals surface area contributed by atoms with E-state index >= 15 is 0 Å². The van der Waals surface area contributed by atoms with Gasteiger partial charge in [-0.2, -0.15) is 4.68 Å². The standard InChI is InChI=1S/C23H22FN9S/c1-16(21-26-28-29-33(21)19-5-3-2-4-6-19)30-11-13-31(14-12-30)23-27-32-15-20(25-22(32)34-23)17-7-9-18(24)10-8-17/h2-10,15-16H,11-14H2,1H3. The maximum atomic E-state index is 13.2. The van der Waals surface area contributed by atoms with Crippen molar-refractivity contribution >= 4 is 21.4 Å². The van der Waals surface area contributed by atoms with Crippen LogP contribution in [-0.4, -0.2) is 65.9 Å². The molecule has 0 spiro atoms. The Morgan fingerprint density at radius 3 is 2.47 bits per heavy atom. The van der Waals surface area contributed by atoms with Gasteiger partial charge in [0.05, 0.1) is 23.6 Å². The van der Waals surface area contributed by atoms with Crippen molar-refractivity contribution < 1.29 is 4.39 Å². The van der Waals surface area contributed by atoms with Gasteiger partial charge >= 0.3 is 0 Å². The molecule has 34 heavy (non-hydrogen) atoms. The van der Waals surface area contributed by atoms with Crippen molar-refractivity contribution in [2.75, 3.05) is 31.1 Å². The highest BCUT2D eigenvalue weighted by Crippen LogP contribution is 2.29. The second-order valence-corrected chi connectivity index (χ2v) is 9.16. The van der Waals surface area contributed by atoms with Crippen LogP contribution in [0.3, 0.4) is 0 Å². The van der Waals surface area contributed by atoms with Crippen molar-refractivity contribution in [1.29, 1.82) is 0 Å². The number of imidazole rings is 1. The molecule has 0 bridgehead atoms. The fourth-order valence-electron chi connectivity index (χ4n) is 4.25. The van der Waals surface area contributed by atoms with Crippen LogP contribution in [0, 0.1) is 5.82 Å². The molecular formula is C23H22FN9S. The van der Waals surface area contributed by atoms with Crippen LogP contribution in [-0.2, 0) is 0 Å². The Bertz CT molecular complexity index is 1370. The monoisotopic (exact) mass is 475 g/mol. The van der Waals surface area contributed by atoms with Crippen LogP contribution >= 0.6 is 11.3 Å². The zero-order valence-electron chi connectivity index (χ0n) is 18.5. The Balaban J connectivity index is 1.14. The molecule has 1 aliphatic heterocycles. The molecule has 4 heterocycles. The number of aromatic nitrogens is 7. The third kappa shape index (κ3) is 3.82. The zero-order valence-corrected chi connectivity index (χ0v) is 19.3. The Kier molecular flexibility index (Phi) is 5.27. The molecule has 0 N–H and O–H groups in total. The second kappa shape index (κ2) is 8.58. The largest absolute Gasteiger partial charge is 0.344 e. The number of tetrazole rings is 1. The van der Waals surface area contributed by atoms with Crippen LogP contribution in [0.25, 0.3) is 21.9 Å². The summed E-state index contributed by atoms with van der Waals surface area (Å²) < 4.78 is 16.8. The quantitative estimate of drug-likeness (QED) is 0.385. The summed E-state index contributed by atoms with van der Waals surface area (Å²) in [6.07, 6.45) is 1.89. The maximum Gasteiger partial charge on any atom is 0.214 e. The lowest BCUT2D eigenvalue weighted by Crippen LogP contribution is -2.47. The number of hydrogen-bond acceptors (Lipinski definition) is 8. The molecule has 1 aliphatic rings. The molecule has 1 atom stereocenters. The third-order valence-corrected chi connectivity index (χ3v) is 7.16. The predicted octanol–water partition coefficient (Wildman–Crippen LogP) is 3.46. The predicted molar refractivity (Wildman–Crippen MR) is 128 cm³/mol. The van der Waals surface area contributed by atoms with Gasteiger partial charge in [0.25, 0.3) is 0 Å². The van der Waals surface area contributed by atoms with Gasteiger partial charge in [0.1, 0.15) is 5.82 Å². The summed E-state index contributed by atoms with van der Waals surface area (Å²) in [5.74, 6) is 0.580. The smallest absolute Gasteiger partial charge is 0.214 e. The van der Waals surface area contributed by atoms with Crippen molar-refractivity contribution in [3.8, 4) is 16.9 Å². The Morgan fingerprint density at radius 2 is 1.74 bits per heavy atom. The summed E-state index contributed by atoms with van der Waals surface area (Å²) in [4.78, 5) is 10.2. The van der Waals surface area contributed by atoms with E-state index in [1.807, 2.05) is 45.7 Å². The first kappa shape index (κ1) is 20.9. The summed E-state index contributed by atoms with van der Waals surface area (Å²) in [6.45, 7) is 5.63. The lowest BCUT2D eigenvalue weighted by Gasteiger charge is -2.37. The Morgan fingerprint density at radius 1 is 0.971 bits per heavy atom. The van der Waals surface area contributed by atoms with Crippen molar-refractivity contribution in [3.05, 3.63) is 72.4 Å². The van der Waals surface area contributed by atoms with E-state index in [4.69, 9.17) is 5.10 Å². The molecule has 3 aromatic heterocycles. The van der Waals surface area contributed by atoms with E-state index in [2.05, 4.69) is 37.2 Å². The van der Waals surface area contributed by atoms with Gasteiger partial charge < -0.3 is 4.90 Å². The molecular weight excluding hydrogens is 453 g/mol. The maximum absolute atomic E-state index is 13.2. The van der Waals surface area contributed by atoms with E-state index in [9.17, 15) is 4.39 Å². The summed E-state index contributed by atoms with van der Waals surface area (Å²) in [6, 6.07) is 16.4. The average Bonchev–Trinajstić information content (AvgIpc) is 3.60.